The van der Waals surface area contributed by atoms with Crippen LogP contribution in [0.25, 0.3) is 10.9 Å². The Hall–Kier alpha value is -3.18. The largest absolute Gasteiger partial charge is 0.465 e. The van der Waals surface area contributed by atoms with Crippen LogP contribution in [0.1, 0.15) is 19.5 Å². The van der Waals surface area contributed by atoms with Crippen LogP contribution in [0.15, 0.2) is 50.6 Å². The number of nitrogens with one attached hydrogen (secondary N) is 2. The molecule has 36 heavy (non-hydrogen) atoms. The molecular weight excluding hydrogens is 484 g/mol. The summed E-state index contributed by atoms with van der Waals surface area (Å²) in [6.45, 7) is 15.7. The fourth-order valence-corrected chi connectivity index (χ4v) is 3.92. The molecule has 1 saturated heterocycles. The highest BCUT2D eigenvalue weighted by Crippen LogP contribution is 2.30. The number of halogens is 2. The molecule has 1 aliphatic rings. The van der Waals surface area contributed by atoms with Gasteiger partial charge in [0.05, 0.1) is 11.4 Å². The van der Waals surface area contributed by atoms with Gasteiger partial charge in [0.2, 0.25) is 0 Å². The van der Waals surface area contributed by atoms with E-state index >= 15 is 0 Å². The predicted octanol–water partition coefficient (Wildman–Crippen LogP) is 4.76. The number of benzene rings is 1. The molecule has 3 rings (SSSR count). The Morgan fingerprint density at radius 1 is 1.22 bits per heavy atom. The lowest BCUT2D eigenvalue weighted by Crippen LogP contribution is -2.47. The Morgan fingerprint density at radius 2 is 1.94 bits per heavy atom. The summed E-state index contributed by atoms with van der Waals surface area (Å²) in [4.78, 5) is 19.4. The molecule has 1 aromatic heterocycles. The molecule has 0 unspecified atom stereocenters. The number of hydrogen-bond acceptors (Lipinski definition) is 7. The first kappa shape index (κ1) is 29.1. The van der Waals surface area contributed by atoms with E-state index in [9.17, 15) is 8.78 Å². The monoisotopic (exact) mass is 519 g/mol. The summed E-state index contributed by atoms with van der Waals surface area (Å²) in [5, 5.41) is 5.23. The molecular formula is C25H35F2N7OS. The van der Waals surface area contributed by atoms with Crippen molar-refractivity contribution in [3.63, 3.8) is 0 Å². The second kappa shape index (κ2) is 15.0. The number of thioether (sulfide) groups is 1. The van der Waals surface area contributed by atoms with Crippen LogP contribution in [0.3, 0.4) is 0 Å². The number of aromatic nitrogens is 1. The normalized spacial score (nSPS) is 15.1. The average molecular weight is 520 g/mol. The first-order valence-electron chi connectivity index (χ1n) is 11.7. The van der Waals surface area contributed by atoms with Gasteiger partial charge in [-0.05, 0) is 38.9 Å². The van der Waals surface area contributed by atoms with Crippen LogP contribution in [0.4, 0.5) is 8.78 Å². The molecule has 1 fully saturated rings. The maximum atomic E-state index is 14.8. The minimum absolute atomic E-state index is 0.256. The van der Waals surface area contributed by atoms with Gasteiger partial charge in [-0.3, -0.25) is 4.99 Å². The predicted molar refractivity (Wildman–Crippen MR) is 148 cm³/mol. The van der Waals surface area contributed by atoms with Crippen LogP contribution >= 0.6 is 11.8 Å². The summed E-state index contributed by atoms with van der Waals surface area (Å²) in [5.74, 6) is -0.331. The molecule has 11 heteroatoms. The first-order valence-corrected chi connectivity index (χ1v) is 12.7. The van der Waals surface area contributed by atoms with Gasteiger partial charge in [0.25, 0.3) is 0 Å². The number of piperazine rings is 1. The lowest BCUT2D eigenvalue weighted by molar-refractivity contribution is 0.214. The molecule has 1 aliphatic heterocycles. The van der Waals surface area contributed by atoms with Gasteiger partial charge in [-0.15, -0.1) is 11.8 Å². The fraction of sp³-hybridized carbons (Fsp3) is 0.400. The Labute approximate surface area is 215 Å². The van der Waals surface area contributed by atoms with Crippen molar-refractivity contribution in [2.24, 2.45) is 15.0 Å². The molecule has 0 bridgehead atoms. The molecule has 0 atom stereocenters. The lowest BCUT2D eigenvalue weighted by atomic mass is 10.2. The number of rotatable bonds is 10. The Kier molecular flexibility index (Phi) is 12.1. The Balaban J connectivity index is 0.00000222. The maximum absolute atomic E-state index is 14.8. The van der Waals surface area contributed by atoms with Crippen molar-refractivity contribution >= 4 is 41.9 Å². The highest BCUT2D eigenvalue weighted by Gasteiger charge is 2.19. The smallest absolute Gasteiger partial charge is 0.194 e. The fourth-order valence-electron chi connectivity index (χ4n) is 3.42. The average Bonchev–Trinajstić information content (AvgIpc) is 3.26. The van der Waals surface area contributed by atoms with E-state index < -0.39 is 17.4 Å². The van der Waals surface area contributed by atoms with Crippen molar-refractivity contribution in [3.05, 3.63) is 53.0 Å². The van der Waals surface area contributed by atoms with E-state index in [-0.39, 0.29) is 12.1 Å². The van der Waals surface area contributed by atoms with Gasteiger partial charge in [-0.2, -0.15) is 0 Å². The third-order valence-corrected chi connectivity index (χ3v) is 5.83. The zero-order valence-corrected chi connectivity index (χ0v) is 22.2. The van der Waals surface area contributed by atoms with Crippen LogP contribution in [0, 0.1) is 18.6 Å². The molecule has 1 aromatic carbocycles. The van der Waals surface area contributed by atoms with Crippen molar-refractivity contribution in [3.8, 4) is 5.75 Å². The zero-order valence-electron chi connectivity index (χ0n) is 21.4. The van der Waals surface area contributed by atoms with E-state index in [1.54, 1.807) is 30.7 Å². The van der Waals surface area contributed by atoms with E-state index in [0.717, 1.165) is 31.9 Å². The number of nitrogens with zero attached hydrogens (tertiary/aromatic N) is 5. The number of aryl methyl sites for hydroxylation is 1. The topological polar surface area (TPSA) is 80.6 Å². The molecule has 0 saturated carbocycles. The summed E-state index contributed by atoms with van der Waals surface area (Å²) in [6.07, 6.45) is 3.35. The van der Waals surface area contributed by atoms with Gasteiger partial charge in [0.1, 0.15) is 11.7 Å². The molecule has 0 spiro atoms. The van der Waals surface area contributed by atoms with Crippen LogP contribution in [-0.2, 0) is 0 Å². The second-order valence-electron chi connectivity index (χ2n) is 7.64. The van der Waals surface area contributed by atoms with Gasteiger partial charge in [-0.25, -0.2) is 18.8 Å². The zero-order chi connectivity index (χ0) is 26.5. The van der Waals surface area contributed by atoms with Crippen molar-refractivity contribution in [1.29, 1.82) is 0 Å². The molecule has 0 aliphatic carbocycles. The van der Waals surface area contributed by atoms with E-state index in [2.05, 4.69) is 55.6 Å². The quantitative estimate of drug-likeness (QED) is 0.205. The molecule has 2 N–H and O–H groups in total. The number of ether oxygens (including phenoxy) is 1. The second-order valence-corrected chi connectivity index (χ2v) is 8.53. The summed E-state index contributed by atoms with van der Waals surface area (Å²) in [7, 11) is 2.05. The third kappa shape index (κ3) is 8.20. The van der Waals surface area contributed by atoms with E-state index in [1.165, 1.54) is 17.8 Å². The SMILES string of the molecule is C=N/C=C\SCN/C(=C/C(=N\COc1c(F)cc2[nH]c(C)cc2c1F)N1CCN(C)CC1)N=C.CC. The number of hydrogen-bond donors (Lipinski definition) is 2. The van der Waals surface area contributed by atoms with Crippen LogP contribution in [-0.4, -0.2) is 79.9 Å². The number of likely N-dealkylation sites (N-methyl/N-ethyl adjacent to an activating group) is 1. The first-order chi connectivity index (χ1) is 17.4. The summed E-state index contributed by atoms with van der Waals surface area (Å²) in [6, 6.07) is 2.84. The van der Waals surface area contributed by atoms with E-state index in [0.29, 0.717) is 23.1 Å². The minimum Gasteiger partial charge on any atom is -0.465 e. The van der Waals surface area contributed by atoms with Gasteiger partial charge in [0.15, 0.2) is 24.1 Å². The summed E-state index contributed by atoms with van der Waals surface area (Å²) < 4.78 is 34.8. The Morgan fingerprint density at radius 3 is 2.61 bits per heavy atom. The molecule has 0 amide bonds. The van der Waals surface area contributed by atoms with Gasteiger partial charge in [-0.1, -0.05) is 13.8 Å². The highest BCUT2D eigenvalue weighted by atomic mass is 32.2. The van der Waals surface area contributed by atoms with E-state index in [1.807, 2.05) is 13.8 Å². The van der Waals surface area contributed by atoms with Gasteiger partial charge >= 0.3 is 0 Å². The summed E-state index contributed by atoms with van der Waals surface area (Å²) >= 11 is 1.48. The van der Waals surface area contributed by atoms with Crippen LogP contribution in [0.2, 0.25) is 0 Å². The number of H-pyrrole nitrogens is 1. The Bertz CT molecular complexity index is 1110. The number of fused-ring (bicyclic) bond motifs is 1. The van der Waals surface area contributed by atoms with Gasteiger partial charge in [0, 0.05) is 55.6 Å². The molecule has 196 valence electrons. The van der Waals surface area contributed by atoms with Crippen molar-refractivity contribution in [1.82, 2.24) is 20.1 Å². The minimum atomic E-state index is -0.784. The molecule has 2 aromatic rings. The number of aliphatic imine (C=N–C) groups is 3. The van der Waals surface area contributed by atoms with Gasteiger partial charge < -0.3 is 24.8 Å². The number of amidine groups is 1. The van der Waals surface area contributed by atoms with E-state index in [4.69, 9.17) is 4.74 Å². The van der Waals surface area contributed by atoms with Crippen LogP contribution < -0.4 is 10.1 Å². The maximum Gasteiger partial charge on any atom is 0.194 e. The highest BCUT2D eigenvalue weighted by molar-refractivity contribution is 8.02. The summed E-state index contributed by atoms with van der Waals surface area (Å²) in [5.41, 5.74) is 1.12. The van der Waals surface area contributed by atoms with Crippen molar-refractivity contribution in [2.45, 2.75) is 20.8 Å². The number of aromatic amines is 1. The molecule has 0 radical (unpaired) electrons. The third-order valence-electron chi connectivity index (χ3n) is 5.20. The van der Waals surface area contributed by atoms with Crippen LogP contribution in [0.5, 0.6) is 5.75 Å². The molecule has 2 heterocycles. The lowest BCUT2D eigenvalue weighted by Gasteiger charge is -2.33. The standard InChI is InChI=1S/C23H29F2N7OS.C2H6/c1-16-11-17-19(30-16)12-18(24)23(22(17)25)33-14-28-21(32-8-6-31(4)7-9-32)13-20(27-3)29-15-34-10-5-26-2;1-2/h5,10-13,29-30H,2-3,6-9,14-15H2,1,4H3;1-2H3/b10-5-,20-13+,28-21+;. The van der Waals surface area contributed by atoms with Crippen molar-refractivity contribution in [2.75, 3.05) is 45.8 Å². The molecule has 8 nitrogen and oxygen atoms in total. The van der Waals surface area contributed by atoms with Crippen molar-refractivity contribution < 1.29 is 13.5 Å².